The van der Waals surface area contributed by atoms with Gasteiger partial charge in [0.1, 0.15) is 0 Å². The maximum absolute atomic E-state index is 11.0. The van der Waals surface area contributed by atoms with Gasteiger partial charge in [0.2, 0.25) is 0 Å². The summed E-state index contributed by atoms with van der Waals surface area (Å²) in [5.41, 5.74) is 1.69. The summed E-state index contributed by atoms with van der Waals surface area (Å²) < 4.78 is 0. The van der Waals surface area contributed by atoms with Gasteiger partial charge in [-0.25, -0.2) is 0 Å². The van der Waals surface area contributed by atoms with Crippen molar-refractivity contribution in [2.45, 2.75) is 26.2 Å². The molecule has 0 aliphatic heterocycles. The van der Waals surface area contributed by atoms with Crippen LogP contribution in [0.15, 0.2) is 18.2 Å². The standard InChI is InChI=1S/C12H13ClO2/c1-8-6-10(13)3-2-9(8)7-12(4-5-12)11(14)15/h2-3,6H,4-5,7H2,1H3,(H,14,15). The molecule has 1 fully saturated rings. The van der Waals surface area contributed by atoms with Crippen LogP contribution in [0.1, 0.15) is 24.0 Å². The van der Waals surface area contributed by atoms with Crippen LogP contribution >= 0.6 is 11.6 Å². The monoisotopic (exact) mass is 224 g/mol. The number of hydrogen-bond donors (Lipinski definition) is 1. The summed E-state index contributed by atoms with van der Waals surface area (Å²) in [5.74, 6) is -0.670. The van der Waals surface area contributed by atoms with Crippen LogP contribution in [0.25, 0.3) is 0 Å². The zero-order valence-electron chi connectivity index (χ0n) is 8.59. The summed E-state index contributed by atoms with van der Waals surface area (Å²) in [6, 6.07) is 5.64. The third kappa shape index (κ3) is 2.00. The summed E-state index contributed by atoms with van der Waals surface area (Å²) in [6.45, 7) is 1.97. The molecule has 0 unspecified atom stereocenters. The van der Waals surface area contributed by atoms with Crippen LogP contribution in [0.4, 0.5) is 0 Å². The highest BCUT2D eigenvalue weighted by atomic mass is 35.5. The SMILES string of the molecule is Cc1cc(Cl)ccc1CC1(C(=O)O)CC1. The number of carboxylic acid groups (broad SMARTS) is 1. The van der Waals surface area contributed by atoms with E-state index in [9.17, 15) is 4.79 Å². The van der Waals surface area contributed by atoms with E-state index in [1.54, 1.807) is 0 Å². The number of carbonyl (C=O) groups is 1. The topological polar surface area (TPSA) is 37.3 Å². The lowest BCUT2D eigenvalue weighted by atomic mass is 9.94. The Labute approximate surface area is 93.9 Å². The molecule has 0 bridgehead atoms. The molecule has 3 heteroatoms. The Kier molecular flexibility index (Phi) is 2.47. The van der Waals surface area contributed by atoms with Gasteiger partial charge in [-0.15, -0.1) is 0 Å². The lowest BCUT2D eigenvalue weighted by Gasteiger charge is -2.11. The first kappa shape index (κ1) is 10.5. The van der Waals surface area contributed by atoms with Crippen molar-refractivity contribution in [3.63, 3.8) is 0 Å². The van der Waals surface area contributed by atoms with E-state index in [1.165, 1.54) is 0 Å². The molecule has 2 nitrogen and oxygen atoms in total. The molecule has 0 saturated heterocycles. The molecule has 0 heterocycles. The molecule has 0 amide bonds. The van der Waals surface area contributed by atoms with Gasteiger partial charge in [0.25, 0.3) is 0 Å². The van der Waals surface area contributed by atoms with Gasteiger partial charge in [0, 0.05) is 5.02 Å². The molecule has 0 atom stereocenters. The van der Waals surface area contributed by atoms with Gasteiger partial charge in [-0.1, -0.05) is 17.7 Å². The Bertz CT molecular complexity index is 408. The minimum Gasteiger partial charge on any atom is -0.481 e. The van der Waals surface area contributed by atoms with Gasteiger partial charge in [-0.2, -0.15) is 0 Å². The molecule has 1 N–H and O–H groups in total. The van der Waals surface area contributed by atoms with E-state index in [2.05, 4.69) is 0 Å². The van der Waals surface area contributed by atoms with Gasteiger partial charge in [0.15, 0.2) is 0 Å². The number of rotatable bonds is 3. The second-order valence-corrected chi connectivity index (χ2v) is 4.77. The summed E-state index contributed by atoms with van der Waals surface area (Å²) in [7, 11) is 0. The number of aryl methyl sites for hydroxylation is 1. The Morgan fingerprint density at radius 3 is 2.67 bits per heavy atom. The van der Waals surface area contributed by atoms with Crippen LogP contribution in [0.2, 0.25) is 5.02 Å². The van der Waals surface area contributed by atoms with E-state index in [0.29, 0.717) is 11.4 Å². The quantitative estimate of drug-likeness (QED) is 0.857. The van der Waals surface area contributed by atoms with Crippen molar-refractivity contribution in [1.29, 1.82) is 0 Å². The predicted molar refractivity (Wildman–Crippen MR) is 59.2 cm³/mol. The average Bonchev–Trinajstić information content (AvgIpc) is 2.91. The average molecular weight is 225 g/mol. The van der Waals surface area contributed by atoms with Gasteiger partial charge >= 0.3 is 5.97 Å². The summed E-state index contributed by atoms with van der Waals surface area (Å²) >= 11 is 5.85. The highest BCUT2D eigenvalue weighted by molar-refractivity contribution is 6.30. The molecule has 0 aromatic heterocycles. The fourth-order valence-corrected chi connectivity index (χ4v) is 2.07. The van der Waals surface area contributed by atoms with Gasteiger partial charge in [0.05, 0.1) is 5.41 Å². The molecular formula is C12H13ClO2. The van der Waals surface area contributed by atoms with E-state index in [0.717, 1.165) is 24.0 Å². The van der Waals surface area contributed by atoms with Crippen LogP contribution in [-0.2, 0) is 11.2 Å². The maximum Gasteiger partial charge on any atom is 0.309 e. The second-order valence-electron chi connectivity index (χ2n) is 4.33. The highest BCUT2D eigenvalue weighted by Crippen LogP contribution is 2.49. The number of aliphatic carboxylic acids is 1. The number of carboxylic acids is 1. The smallest absolute Gasteiger partial charge is 0.309 e. The first-order chi connectivity index (χ1) is 7.03. The molecule has 0 radical (unpaired) electrons. The van der Waals surface area contributed by atoms with Crippen LogP contribution in [0, 0.1) is 12.3 Å². The van der Waals surface area contributed by atoms with Crippen molar-refractivity contribution in [1.82, 2.24) is 0 Å². The molecule has 1 aliphatic carbocycles. The van der Waals surface area contributed by atoms with E-state index in [4.69, 9.17) is 16.7 Å². The Morgan fingerprint density at radius 2 is 2.20 bits per heavy atom. The fourth-order valence-electron chi connectivity index (χ4n) is 1.84. The van der Waals surface area contributed by atoms with Gasteiger partial charge in [-0.05, 0) is 49.4 Å². The van der Waals surface area contributed by atoms with Gasteiger partial charge in [-0.3, -0.25) is 4.79 Å². The van der Waals surface area contributed by atoms with Crippen LogP contribution < -0.4 is 0 Å². The first-order valence-electron chi connectivity index (χ1n) is 5.02. The zero-order valence-corrected chi connectivity index (χ0v) is 9.34. The lowest BCUT2D eigenvalue weighted by Crippen LogP contribution is -2.18. The number of halogens is 1. The molecule has 1 aromatic carbocycles. The summed E-state index contributed by atoms with van der Waals surface area (Å²) in [6.07, 6.45) is 2.22. The van der Waals surface area contributed by atoms with E-state index in [1.807, 2.05) is 25.1 Å². The van der Waals surface area contributed by atoms with Crippen LogP contribution in [0.3, 0.4) is 0 Å². The molecule has 1 saturated carbocycles. The minimum atomic E-state index is -0.670. The van der Waals surface area contributed by atoms with Crippen molar-refractivity contribution in [2.75, 3.05) is 0 Å². The van der Waals surface area contributed by atoms with Crippen molar-refractivity contribution in [3.05, 3.63) is 34.3 Å². The van der Waals surface area contributed by atoms with E-state index in [-0.39, 0.29) is 0 Å². The molecule has 15 heavy (non-hydrogen) atoms. The Morgan fingerprint density at radius 1 is 1.53 bits per heavy atom. The van der Waals surface area contributed by atoms with Crippen molar-refractivity contribution >= 4 is 17.6 Å². The third-order valence-electron chi connectivity index (χ3n) is 3.14. The van der Waals surface area contributed by atoms with Crippen molar-refractivity contribution in [2.24, 2.45) is 5.41 Å². The number of benzene rings is 1. The third-order valence-corrected chi connectivity index (χ3v) is 3.38. The predicted octanol–water partition coefficient (Wildman–Crippen LogP) is 3.06. The largest absolute Gasteiger partial charge is 0.481 e. The first-order valence-corrected chi connectivity index (χ1v) is 5.40. The van der Waals surface area contributed by atoms with E-state index < -0.39 is 11.4 Å². The van der Waals surface area contributed by atoms with Crippen LogP contribution in [0.5, 0.6) is 0 Å². The lowest BCUT2D eigenvalue weighted by molar-refractivity contribution is -0.143. The summed E-state index contributed by atoms with van der Waals surface area (Å²) in [5, 5.41) is 9.79. The van der Waals surface area contributed by atoms with Crippen molar-refractivity contribution < 1.29 is 9.90 Å². The Hall–Kier alpha value is -1.02. The maximum atomic E-state index is 11.0. The molecule has 1 aliphatic rings. The van der Waals surface area contributed by atoms with Crippen molar-refractivity contribution in [3.8, 4) is 0 Å². The molecule has 1 aromatic rings. The second kappa shape index (κ2) is 3.53. The summed E-state index contributed by atoms with van der Waals surface area (Å²) in [4.78, 5) is 11.0. The molecule has 0 spiro atoms. The molecule has 2 rings (SSSR count). The molecule has 80 valence electrons. The molecular weight excluding hydrogens is 212 g/mol. The normalized spacial score (nSPS) is 17.5. The zero-order chi connectivity index (χ0) is 11.1. The minimum absolute atomic E-state index is 0.488. The van der Waals surface area contributed by atoms with Crippen LogP contribution in [-0.4, -0.2) is 11.1 Å². The fraction of sp³-hybridized carbons (Fsp3) is 0.417. The number of hydrogen-bond acceptors (Lipinski definition) is 1. The highest BCUT2D eigenvalue weighted by Gasteiger charge is 2.50. The van der Waals surface area contributed by atoms with Gasteiger partial charge < -0.3 is 5.11 Å². The Balaban J connectivity index is 2.21. The van der Waals surface area contributed by atoms with E-state index >= 15 is 0 Å².